The summed E-state index contributed by atoms with van der Waals surface area (Å²) >= 11 is 6.18. The molecule has 2 aromatic rings. The number of rotatable bonds is 4. The van der Waals surface area contributed by atoms with Crippen molar-refractivity contribution in [3.8, 4) is 0 Å². The van der Waals surface area contributed by atoms with Gasteiger partial charge in [-0.1, -0.05) is 41.8 Å². The zero-order chi connectivity index (χ0) is 18.0. The van der Waals surface area contributed by atoms with Gasteiger partial charge in [0.25, 0.3) is 5.91 Å². The van der Waals surface area contributed by atoms with Crippen LogP contribution in [0.15, 0.2) is 30.5 Å². The molecule has 0 atom stereocenters. The van der Waals surface area contributed by atoms with Gasteiger partial charge in [0.15, 0.2) is 5.69 Å². The predicted octanol–water partition coefficient (Wildman–Crippen LogP) is 3.48. The number of halogens is 2. The maximum Gasteiger partial charge on any atom is 0.274 e. The fourth-order valence-corrected chi connectivity index (χ4v) is 4.35. The van der Waals surface area contributed by atoms with Gasteiger partial charge < -0.3 is 10.6 Å². The molecule has 0 radical (unpaired) electrons. The first-order valence-electron chi connectivity index (χ1n) is 9.37. The molecule has 2 aliphatic rings. The summed E-state index contributed by atoms with van der Waals surface area (Å²) < 4.78 is 1.84. The van der Waals surface area contributed by atoms with Crippen molar-refractivity contribution in [2.24, 2.45) is 0 Å². The van der Waals surface area contributed by atoms with Gasteiger partial charge in [0.05, 0.1) is 17.8 Å². The molecule has 1 amide bonds. The third kappa shape index (κ3) is 4.28. The van der Waals surface area contributed by atoms with E-state index in [-0.39, 0.29) is 23.9 Å². The zero-order valence-electron chi connectivity index (χ0n) is 15.2. The summed E-state index contributed by atoms with van der Waals surface area (Å²) in [4.78, 5) is 12.9. The van der Waals surface area contributed by atoms with Gasteiger partial charge in [0.2, 0.25) is 0 Å². The second kappa shape index (κ2) is 8.59. The van der Waals surface area contributed by atoms with Crippen LogP contribution < -0.4 is 10.6 Å². The van der Waals surface area contributed by atoms with E-state index in [0.29, 0.717) is 16.8 Å². The fourth-order valence-electron chi connectivity index (χ4n) is 4.16. The molecule has 1 aromatic carbocycles. The second-order valence-corrected chi connectivity index (χ2v) is 7.76. The van der Waals surface area contributed by atoms with E-state index < -0.39 is 0 Å². The molecular weight excluding hydrogens is 385 g/mol. The monoisotopic (exact) mass is 409 g/mol. The normalized spacial score (nSPS) is 19.4. The molecule has 1 saturated heterocycles. The standard InChI is InChI=1S/C19H24ClN5O.ClH/c20-15-5-3-4-14(12-15)19(8-1-2-9-19)22-18(26)17-13-25(24-23-17)16-6-10-21-11-7-16;/h3-5,12-13,16,21H,1-2,6-11H2,(H,22,26);1H. The lowest BCUT2D eigenvalue weighted by Crippen LogP contribution is -2.44. The molecule has 1 saturated carbocycles. The average molecular weight is 410 g/mol. The highest BCUT2D eigenvalue weighted by atomic mass is 35.5. The first-order valence-corrected chi connectivity index (χ1v) is 9.75. The molecule has 2 heterocycles. The third-order valence-corrected chi connectivity index (χ3v) is 5.85. The lowest BCUT2D eigenvalue weighted by atomic mass is 9.88. The van der Waals surface area contributed by atoms with Gasteiger partial charge in [-0.2, -0.15) is 0 Å². The van der Waals surface area contributed by atoms with Gasteiger partial charge in [-0.3, -0.25) is 4.79 Å². The number of nitrogens with zero attached hydrogens (tertiary/aromatic N) is 3. The molecule has 4 rings (SSSR count). The minimum absolute atomic E-state index is 0. The van der Waals surface area contributed by atoms with E-state index in [1.54, 1.807) is 6.20 Å². The topological polar surface area (TPSA) is 71.8 Å². The lowest BCUT2D eigenvalue weighted by molar-refractivity contribution is 0.0893. The van der Waals surface area contributed by atoms with E-state index in [1.807, 2.05) is 28.9 Å². The average Bonchev–Trinajstić information content (AvgIpc) is 3.33. The summed E-state index contributed by atoms with van der Waals surface area (Å²) in [7, 11) is 0. The SMILES string of the molecule is Cl.O=C(NC1(c2cccc(Cl)c2)CCCC1)c1cn(C2CCNCC2)nn1. The predicted molar refractivity (Wildman–Crippen MR) is 107 cm³/mol. The first-order chi connectivity index (χ1) is 12.7. The molecule has 0 bridgehead atoms. The fraction of sp³-hybridized carbons (Fsp3) is 0.526. The molecular formula is C19H25Cl2N5O. The van der Waals surface area contributed by atoms with E-state index in [4.69, 9.17) is 11.6 Å². The number of carbonyl (C=O) groups is 1. The maximum atomic E-state index is 12.9. The maximum absolute atomic E-state index is 12.9. The van der Waals surface area contributed by atoms with Crippen LogP contribution in [0.4, 0.5) is 0 Å². The van der Waals surface area contributed by atoms with Crippen LogP contribution in [0, 0.1) is 0 Å². The van der Waals surface area contributed by atoms with Crippen LogP contribution in [-0.2, 0) is 5.54 Å². The molecule has 27 heavy (non-hydrogen) atoms. The van der Waals surface area contributed by atoms with Crippen molar-refractivity contribution in [1.29, 1.82) is 0 Å². The van der Waals surface area contributed by atoms with Crippen molar-refractivity contribution in [3.63, 3.8) is 0 Å². The molecule has 146 valence electrons. The van der Waals surface area contributed by atoms with Gasteiger partial charge in [-0.15, -0.1) is 17.5 Å². The Morgan fingerprint density at radius 1 is 1.26 bits per heavy atom. The molecule has 8 heteroatoms. The number of nitrogens with one attached hydrogen (secondary N) is 2. The van der Waals surface area contributed by atoms with Crippen LogP contribution >= 0.6 is 24.0 Å². The second-order valence-electron chi connectivity index (χ2n) is 7.32. The van der Waals surface area contributed by atoms with Crippen LogP contribution in [0.5, 0.6) is 0 Å². The quantitative estimate of drug-likeness (QED) is 0.810. The van der Waals surface area contributed by atoms with Crippen LogP contribution in [0.1, 0.15) is 60.6 Å². The van der Waals surface area contributed by atoms with Crippen molar-refractivity contribution in [3.05, 3.63) is 46.7 Å². The molecule has 1 aliphatic carbocycles. The van der Waals surface area contributed by atoms with Crippen LogP contribution in [0.25, 0.3) is 0 Å². The molecule has 6 nitrogen and oxygen atoms in total. The largest absolute Gasteiger partial charge is 0.341 e. The molecule has 1 aliphatic heterocycles. The highest BCUT2D eigenvalue weighted by molar-refractivity contribution is 6.30. The van der Waals surface area contributed by atoms with E-state index in [1.165, 1.54) is 0 Å². The molecule has 0 spiro atoms. The smallest absolute Gasteiger partial charge is 0.274 e. The van der Waals surface area contributed by atoms with Gasteiger partial charge in [0.1, 0.15) is 0 Å². The van der Waals surface area contributed by atoms with Crippen molar-refractivity contribution in [2.75, 3.05) is 13.1 Å². The van der Waals surface area contributed by atoms with Gasteiger partial charge >= 0.3 is 0 Å². The molecule has 0 unspecified atom stereocenters. The number of hydrogen-bond donors (Lipinski definition) is 2. The number of benzene rings is 1. The minimum Gasteiger partial charge on any atom is -0.341 e. The number of aromatic nitrogens is 3. The number of carbonyl (C=O) groups excluding carboxylic acids is 1. The van der Waals surface area contributed by atoms with Crippen LogP contribution in [-0.4, -0.2) is 34.0 Å². The Hall–Kier alpha value is -1.63. The number of amides is 1. The van der Waals surface area contributed by atoms with Crippen LogP contribution in [0.2, 0.25) is 5.02 Å². The summed E-state index contributed by atoms with van der Waals surface area (Å²) in [6.45, 7) is 1.95. The van der Waals surface area contributed by atoms with Crippen LogP contribution in [0.3, 0.4) is 0 Å². The number of piperidine rings is 1. The Labute approximate surface area is 170 Å². The van der Waals surface area contributed by atoms with E-state index >= 15 is 0 Å². The highest BCUT2D eigenvalue weighted by Crippen LogP contribution is 2.39. The molecule has 2 N–H and O–H groups in total. The van der Waals surface area contributed by atoms with Crippen molar-refractivity contribution in [1.82, 2.24) is 25.6 Å². The summed E-state index contributed by atoms with van der Waals surface area (Å²) in [5, 5.41) is 15.6. The Bertz CT molecular complexity index is 782. The summed E-state index contributed by atoms with van der Waals surface area (Å²) in [5.74, 6) is -0.160. The van der Waals surface area contributed by atoms with Crippen molar-refractivity contribution >= 4 is 29.9 Å². The Morgan fingerprint density at radius 3 is 2.70 bits per heavy atom. The lowest BCUT2D eigenvalue weighted by Gasteiger charge is -2.31. The van der Waals surface area contributed by atoms with Gasteiger partial charge in [-0.05, 0) is 56.5 Å². The first kappa shape index (κ1) is 20.1. The zero-order valence-corrected chi connectivity index (χ0v) is 16.7. The summed E-state index contributed by atoms with van der Waals surface area (Å²) in [6.07, 6.45) is 7.83. The van der Waals surface area contributed by atoms with Crippen molar-refractivity contribution in [2.45, 2.75) is 50.1 Å². The highest BCUT2D eigenvalue weighted by Gasteiger charge is 2.38. The Kier molecular flexibility index (Phi) is 6.40. The molecule has 2 fully saturated rings. The molecule has 1 aromatic heterocycles. The van der Waals surface area contributed by atoms with Gasteiger partial charge in [0, 0.05) is 5.02 Å². The minimum atomic E-state index is -0.361. The van der Waals surface area contributed by atoms with E-state index in [9.17, 15) is 4.79 Å². The van der Waals surface area contributed by atoms with Crippen molar-refractivity contribution < 1.29 is 4.79 Å². The summed E-state index contributed by atoms with van der Waals surface area (Å²) in [5.41, 5.74) is 1.10. The Morgan fingerprint density at radius 2 is 2.00 bits per heavy atom. The van der Waals surface area contributed by atoms with E-state index in [2.05, 4.69) is 20.9 Å². The Balaban J connectivity index is 0.00000210. The third-order valence-electron chi connectivity index (χ3n) is 5.61. The number of hydrogen-bond acceptors (Lipinski definition) is 4. The van der Waals surface area contributed by atoms with E-state index in [0.717, 1.165) is 57.2 Å². The summed E-state index contributed by atoms with van der Waals surface area (Å²) in [6, 6.07) is 8.12. The van der Waals surface area contributed by atoms with Gasteiger partial charge in [-0.25, -0.2) is 4.68 Å².